The van der Waals surface area contributed by atoms with E-state index in [1.165, 1.54) is 0 Å². The van der Waals surface area contributed by atoms with Crippen LogP contribution in [0.4, 0.5) is 22.0 Å². The first kappa shape index (κ1) is 16.2. The van der Waals surface area contributed by atoms with E-state index in [2.05, 4.69) is 14.4 Å². The van der Waals surface area contributed by atoms with Crippen LogP contribution in [-0.4, -0.2) is 30.4 Å². The highest BCUT2D eigenvalue weighted by Gasteiger charge is 2.30. The molecule has 0 saturated carbocycles. The van der Waals surface area contributed by atoms with Crippen LogP contribution >= 0.6 is 0 Å². The molecule has 1 unspecified atom stereocenters. The Hall–Kier alpha value is -2.69. The molecule has 1 aromatic heterocycles. The van der Waals surface area contributed by atoms with E-state index in [4.69, 9.17) is 9.47 Å². The van der Waals surface area contributed by atoms with Crippen molar-refractivity contribution in [3.05, 3.63) is 40.9 Å². The van der Waals surface area contributed by atoms with Crippen molar-refractivity contribution in [3.63, 3.8) is 0 Å². The number of ether oxygens (including phenoxy) is 3. The number of hydrogen-bond donors (Lipinski definition) is 0. The zero-order chi connectivity index (χ0) is 17.4. The Morgan fingerprint density at radius 2 is 1.71 bits per heavy atom. The highest BCUT2D eigenvalue weighted by atomic mass is 19.2. The Kier molecular flexibility index (Phi) is 4.09. The van der Waals surface area contributed by atoms with E-state index in [1.807, 2.05) is 0 Å². The number of carbonyl (C=O) groups excluding carboxylic acids is 1. The summed E-state index contributed by atoms with van der Waals surface area (Å²) < 4.78 is 84.4. The summed E-state index contributed by atoms with van der Waals surface area (Å²) in [6, 6.07) is 0.927. The molecule has 1 aromatic carbocycles. The van der Waals surface area contributed by atoms with E-state index in [0.717, 1.165) is 6.07 Å². The second-order valence-corrected chi connectivity index (χ2v) is 4.58. The normalized spacial score (nSPS) is 16.1. The lowest BCUT2D eigenvalue weighted by molar-refractivity contribution is 0.0672. The maximum absolute atomic E-state index is 13.4. The minimum Gasteiger partial charge on any atom is -0.473 e. The third kappa shape index (κ3) is 3.02. The van der Waals surface area contributed by atoms with Gasteiger partial charge in [-0.3, -0.25) is 0 Å². The number of esters is 1. The summed E-state index contributed by atoms with van der Waals surface area (Å²) in [6.45, 7) is 0.645. The van der Waals surface area contributed by atoms with Gasteiger partial charge < -0.3 is 18.7 Å². The highest BCUT2D eigenvalue weighted by Crippen LogP contribution is 2.30. The van der Waals surface area contributed by atoms with Gasteiger partial charge in [-0.1, -0.05) is 0 Å². The molecule has 0 N–H and O–H groups in total. The fourth-order valence-electron chi connectivity index (χ4n) is 1.58. The highest BCUT2D eigenvalue weighted by molar-refractivity contribution is 5.88. The molecule has 0 radical (unpaired) electrons. The van der Waals surface area contributed by atoms with Crippen molar-refractivity contribution in [2.45, 2.75) is 6.10 Å². The van der Waals surface area contributed by atoms with Gasteiger partial charge in [-0.15, -0.1) is 0 Å². The zero-order valence-corrected chi connectivity index (χ0v) is 11.4. The Balaban J connectivity index is 1.77. The van der Waals surface area contributed by atoms with Gasteiger partial charge in [-0.05, 0) is 5.16 Å². The molecule has 0 amide bonds. The van der Waals surface area contributed by atoms with Gasteiger partial charge in [-0.2, -0.15) is 8.78 Å². The van der Waals surface area contributed by atoms with Crippen molar-refractivity contribution < 1.29 is 45.5 Å². The van der Waals surface area contributed by atoms with Gasteiger partial charge in [-0.25, -0.2) is 18.0 Å². The van der Waals surface area contributed by atoms with Crippen molar-refractivity contribution in [1.29, 1.82) is 0 Å². The predicted molar refractivity (Wildman–Crippen MR) is 62.9 cm³/mol. The van der Waals surface area contributed by atoms with Crippen LogP contribution < -0.4 is 9.47 Å². The lowest BCUT2D eigenvalue weighted by Crippen LogP contribution is -2.13. The van der Waals surface area contributed by atoms with E-state index in [9.17, 15) is 26.7 Å². The first-order valence-corrected chi connectivity index (χ1v) is 6.33. The molecular weight excluding hydrogens is 345 g/mol. The summed E-state index contributed by atoms with van der Waals surface area (Å²) in [7, 11) is 0. The topological polar surface area (TPSA) is 74.1 Å². The van der Waals surface area contributed by atoms with Crippen LogP contribution in [0.1, 0.15) is 10.6 Å². The summed E-state index contributed by atoms with van der Waals surface area (Å²) in [4.78, 5) is 11.7. The van der Waals surface area contributed by atoms with E-state index >= 15 is 0 Å². The summed E-state index contributed by atoms with van der Waals surface area (Å²) in [5.41, 5.74) is 0. The van der Waals surface area contributed by atoms with Crippen LogP contribution in [0, 0.1) is 29.1 Å². The number of aromatic nitrogens is 1. The number of halogens is 5. The van der Waals surface area contributed by atoms with Gasteiger partial charge in [0.1, 0.15) is 12.7 Å². The summed E-state index contributed by atoms with van der Waals surface area (Å²) in [6.07, 6.45) is -0.106. The van der Waals surface area contributed by atoms with Crippen LogP contribution in [0.2, 0.25) is 0 Å². The molecule has 3 rings (SSSR count). The molecule has 24 heavy (non-hydrogen) atoms. The van der Waals surface area contributed by atoms with Crippen molar-refractivity contribution in [2.75, 3.05) is 13.2 Å². The Morgan fingerprint density at radius 1 is 1.12 bits per heavy atom. The first-order valence-electron chi connectivity index (χ1n) is 6.33. The molecule has 1 aliphatic rings. The maximum atomic E-state index is 13.4. The molecule has 1 aliphatic heterocycles. The number of carbonyl (C=O) groups is 1. The number of hydrogen-bond acceptors (Lipinski definition) is 6. The van der Waals surface area contributed by atoms with Gasteiger partial charge in [0.25, 0.3) is 5.88 Å². The second kappa shape index (κ2) is 6.07. The second-order valence-electron chi connectivity index (χ2n) is 4.58. The fourth-order valence-corrected chi connectivity index (χ4v) is 1.58. The maximum Gasteiger partial charge on any atom is 0.382 e. The number of rotatable bonds is 5. The largest absolute Gasteiger partial charge is 0.473 e. The summed E-state index contributed by atoms with van der Waals surface area (Å²) in [5.74, 6) is -15.5. The molecule has 2 aromatic rings. The standard InChI is InChI=1S/C13H6F5NO5/c14-7-8(15)10(17)12(11(18)9(7)16)23-13(20)5-1-6(19-24-5)22-3-4-2-21-4/h1,4H,2-3H2. The van der Waals surface area contributed by atoms with Crippen LogP contribution in [0.5, 0.6) is 11.6 Å². The third-order valence-corrected chi connectivity index (χ3v) is 2.87. The van der Waals surface area contributed by atoms with E-state index in [1.54, 1.807) is 0 Å². The molecule has 2 heterocycles. The smallest absolute Gasteiger partial charge is 0.382 e. The SMILES string of the molecule is O=C(Oc1c(F)c(F)c(F)c(F)c1F)c1cc(OCC2CO2)no1. The van der Waals surface area contributed by atoms with Crippen molar-refractivity contribution in [1.82, 2.24) is 5.16 Å². The zero-order valence-electron chi connectivity index (χ0n) is 11.4. The van der Waals surface area contributed by atoms with Crippen molar-refractivity contribution >= 4 is 5.97 Å². The Morgan fingerprint density at radius 3 is 2.29 bits per heavy atom. The van der Waals surface area contributed by atoms with Gasteiger partial charge in [0.2, 0.25) is 40.6 Å². The molecule has 1 atom stereocenters. The lowest BCUT2D eigenvalue weighted by Gasteiger charge is -2.07. The van der Waals surface area contributed by atoms with Crippen LogP contribution in [0.3, 0.4) is 0 Å². The number of nitrogens with zero attached hydrogens (tertiary/aromatic N) is 1. The van der Waals surface area contributed by atoms with E-state index in [0.29, 0.717) is 6.61 Å². The van der Waals surface area contributed by atoms with Gasteiger partial charge in [0.15, 0.2) is 0 Å². The Labute approximate surface area is 129 Å². The number of epoxide rings is 1. The summed E-state index contributed by atoms with van der Waals surface area (Å²) in [5, 5.41) is 3.32. The van der Waals surface area contributed by atoms with Crippen molar-refractivity contribution in [2.24, 2.45) is 0 Å². The van der Waals surface area contributed by atoms with Gasteiger partial charge in [0, 0.05) is 0 Å². The average Bonchev–Trinajstić information content (AvgIpc) is 3.29. The van der Waals surface area contributed by atoms with Crippen LogP contribution in [-0.2, 0) is 4.74 Å². The molecular formula is C13H6F5NO5. The summed E-state index contributed by atoms with van der Waals surface area (Å²) >= 11 is 0. The minimum atomic E-state index is -2.37. The molecule has 11 heteroatoms. The molecule has 1 fully saturated rings. The molecule has 0 bridgehead atoms. The first-order chi connectivity index (χ1) is 11.4. The molecule has 1 saturated heterocycles. The predicted octanol–water partition coefficient (Wildman–Crippen LogP) is 2.37. The number of benzene rings is 1. The third-order valence-electron chi connectivity index (χ3n) is 2.87. The van der Waals surface area contributed by atoms with Crippen molar-refractivity contribution in [3.8, 4) is 11.6 Å². The Bertz CT molecular complexity index is 775. The van der Waals surface area contributed by atoms with Gasteiger partial charge in [0.05, 0.1) is 12.7 Å². The molecule has 0 spiro atoms. The van der Waals surface area contributed by atoms with Gasteiger partial charge >= 0.3 is 5.97 Å². The van der Waals surface area contributed by atoms with Crippen LogP contribution in [0.15, 0.2) is 10.6 Å². The fraction of sp³-hybridized carbons (Fsp3) is 0.231. The minimum absolute atomic E-state index is 0.106. The monoisotopic (exact) mass is 351 g/mol. The average molecular weight is 351 g/mol. The van der Waals surface area contributed by atoms with E-state index < -0.39 is 46.6 Å². The molecule has 6 nitrogen and oxygen atoms in total. The molecule has 0 aliphatic carbocycles. The van der Waals surface area contributed by atoms with Crippen LogP contribution in [0.25, 0.3) is 0 Å². The quantitative estimate of drug-likeness (QED) is 0.206. The lowest BCUT2D eigenvalue weighted by atomic mass is 10.2. The molecule has 128 valence electrons. The van der Waals surface area contributed by atoms with E-state index in [-0.39, 0.29) is 18.6 Å².